The van der Waals surface area contributed by atoms with Crippen LogP contribution < -0.4 is 5.73 Å². The highest BCUT2D eigenvalue weighted by molar-refractivity contribution is 8.02. The maximum absolute atomic E-state index is 13.6. The van der Waals surface area contributed by atoms with Crippen LogP contribution in [-0.4, -0.2) is 16.5 Å². The van der Waals surface area contributed by atoms with Gasteiger partial charge in [-0.25, -0.2) is 4.39 Å². The van der Waals surface area contributed by atoms with Crippen LogP contribution in [0.15, 0.2) is 26.9 Å². The number of aromatic nitrogens is 2. The average Bonchev–Trinajstić information content (AvgIpc) is 2.79. The van der Waals surface area contributed by atoms with Crippen LogP contribution in [0.4, 0.5) is 10.1 Å². The summed E-state index contributed by atoms with van der Waals surface area (Å²) < 4.78 is 15.4. The van der Waals surface area contributed by atoms with E-state index in [4.69, 9.17) is 5.73 Å². The van der Waals surface area contributed by atoms with Crippen molar-refractivity contribution in [3.63, 3.8) is 0 Å². The number of rotatable bonds is 4. The zero-order valence-corrected chi connectivity index (χ0v) is 11.5. The van der Waals surface area contributed by atoms with E-state index < -0.39 is 0 Å². The third-order valence-electron chi connectivity index (χ3n) is 2.02. The molecule has 0 spiro atoms. The first-order chi connectivity index (χ1) is 8.20. The first-order valence-electron chi connectivity index (χ1n) is 4.74. The quantitative estimate of drug-likeness (QED) is 0.691. The Hall–Kier alpha value is -0.790. The highest BCUT2D eigenvalue weighted by atomic mass is 32.2. The molecule has 0 radical (unpaired) electrons. The van der Waals surface area contributed by atoms with Gasteiger partial charge in [0, 0.05) is 11.3 Å². The van der Waals surface area contributed by atoms with Crippen molar-refractivity contribution in [1.29, 1.82) is 0 Å². The number of halogens is 1. The topological polar surface area (TPSA) is 51.8 Å². The second-order valence-corrected chi connectivity index (χ2v) is 6.40. The molecule has 7 heteroatoms. The summed E-state index contributed by atoms with van der Waals surface area (Å²) in [7, 11) is 0. The van der Waals surface area contributed by atoms with Crippen molar-refractivity contribution in [2.24, 2.45) is 0 Å². The van der Waals surface area contributed by atoms with Crippen molar-refractivity contribution in [3.8, 4) is 0 Å². The van der Waals surface area contributed by atoms with Gasteiger partial charge in [0.05, 0.1) is 5.69 Å². The minimum atomic E-state index is -0.338. The fourth-order valence-electron chi connectivity index (χ4n) is 1.19. The fraction of sp³-hybridized carbons (Fsp3) is 0.200. The number of benzene rings is 1. The van der Waals surface area contributed by atoms with Crippen molar-refractivity contribution >= 4 is 40.5 Å². The molecule has 1 aromatic carbocycles. The van der Waals surface area contributed by atoms with Gasteiger partial charge in [0.15, 0.2) is 8.68 Å². The Bertz CT molecular complexity index is 515. The van der Waals surface area contributed by atoms with E-state index >= 15 is 0 Å². The second-order valence-electron chi connectivity index (χ2n) is 3.15. The summed E-state index contributed by atoms with van der Waals surface area (Å²) in [5.41, 5.74) is 6.28. The van der Waals surface area contributed by atoms with Crippen molar-refractivity contribution in [3.05, 3.63) is 29.6 Å². The third kappa shape index (κ3) is 3.11. The minimum Gasteiger partial charge on any atom is -0.396 e. The molecule has 2 rings (SSSR count). The Labute approximate surface area is 111 Å². The molecule has 0 aliphatic carbocycles. The molecule has 2 aromatic rings. The van der Waals surface area contributed by atoms with Gasteiger partial charge in [-0.3, -0.25) is 0 Å². The van der Waals surface area contributed by atoms with Crippen LogP contribution in [0.25, 0.3) is 0 Å². The monoisotopic (exact) mass is 287 g/mol. The molecule has 3 nitrogen and oxygen atoms in total. The molecule has 0 saturated carbocycles. The van der Waals surface area contributed by atoms with Crippen molar-refractivity contribution in [1.82, 2.24) is 10.2 Å². The predicted molar refractivity (Wildman–Crippen MR) is 72.1 cm³/mol. The molecule has 17 heavy (non-hydrogen) atoms. The zero-order chi connectivity index (χ0) is 12.3. The predicted octanol–water partition coefficient (Wildman–Crippen LogP) is 3.27. The number of nitrogens with two attached hydrogens (primary N) is 1. The lowest BCUT2D eigenvalue weighted by Gasteiger charge is -2.03. The van der Waals surface area contributed by atoms with Gasteiger partial charge in [-0.2, -0.15) is 0 Å². The molecule has 0 aliphatic heterocycles. The normalized spacial score (nSPS) is 10.7. The number of thioether (sulfide) groups is 2. The molecule has 0 saturated heterocycles. The molecule has 0 bridgehead atoms. The van der Waals surface area contributed by atoms with E-state index in [1.165, 1.54) is 23.1 Å². The SMILES string of the molecule is CSc1nnc(SCc2cccc(N)c2F)s1. The first-order valence-corrected chi connectivity index (χ1v) is 7.76. The van der Waals surface area contributed by atoms with E-state index in [0.717, 1.165) is 8.68 Å². The van der Waals surface area contributed by atoms with Gasteiger partial charge in [-0.1, -0.05) is 47.0 Å². The third-order valence-corrected chi connectivity index (χ3v) is 5.10. The van der Waals surface area contributed by atoms with Gasteiger partial charge in [0.25, 0.3) is 0 Å². The average molecular weight is 287 g/mol. The molecule has 0 aliphatic rings. The Morgan fingerprint density at radius 1 is 1.35 bits per heavy atom. The maximum Gasteiger partial charge on any atom is 0.175 e. The highest BCUT2D eigenvalue weighted by Gasteiger charge is 2.08. The van der Waals surface area contributed by atoms with Gasteiger partial charge < -0.3 is 5.73 Å². The van der Waals surface area contributed by atoms with Crippen LogP contribution in [0.1, 0.15) is 5.56 Å². The number of nitrogen functional groups attached to an aromatic ring is 1. The molecule has 0 fully saturated rings. The lowest BCUT2D eigenvalue weighted by Crippen LogP contribution is -1.94. The van der Waals surface area contributed by atoms with Crippen LogP contribution in [0, 0.1) is 5.82 Å². The van der Waals surface area contributed by atoms with Gasteiger partial charge in [-0.15, -0.1) is 10.2 Å². The Morgan fingerprint density at radius 2 is 2.12 bits per heavy atom. The van der Waals surface area contributed by atoms with Crippen LogP contribution >= 0.6 is 34.9 Å². The molecule has 1 heterocycles. The van der Waals surface area contributed by atoms with Crippen LogP contribution in [0.5, 0.6) is 0 Å². The number of hydrogen-bond donors (Lipinski definition) is 1. The number of hydrogen-bond acceptors (Lipinski definition) is 6. The van der Waals surface area contributed by atoms with E-state index in [9.17, 15) is 4.39 Å². The number of nitrogens with zero attached hydrogens (tertiary/aromatic N) is 2. The fourth-order valence-corrected chi connectivity index (χ4v) is 3.60. The second kappa shape index (κ2) is 5.70. The molecular weight excluding hydrogens is 277 g/mol. The summed E-state index contributed by atoms with van der Waals surface area (Å²) in [5, 5.41) is 7.99. The van der Waals surface area contributed by atoms with Crippen LogP contribution in [-0.2, 0) is 5.75 Å². The standard InChI is InChI=1S/C10H10FN3S3/c1-15-9-13-14-10(17-9)16-5-6-3-2-4-7(12)8(6)11/h2-4H,5,12H2,1H3. The molecule has 0 atom stereocenters. The van der Waals surface area contributed by atoms with Crippen molar-refractivity contribution in [2.45, 2.75) is 14.4 Å². The lowest BCUT2D eigenvalue weighted by molar-refractivity contribution is 0.622. The van der Waals surface area contributed by atoms with Gasteiger partial charge in [-0.05, 0) is 12.3 Å². The Kier molecular flexibility index (Phi) is 4.25. The summed E-state index contributed by atoms with van der Waals surface area (Å²) in [6.07, 6.45) is 1.95. The molecule has 1 aromatic heterocycles. The molecular formula is C10H10FN3S3. The summed E-state index contributed by atoms with van der Waals surface area (Å²) >= 11 is 4.54. The summed E-state index contributed by atoms with van der Waals surface area (Å²) in [5.74, 6) is 0.175. The lowest BCUT2D eigenvalue weighted by atomic mass is 10.2. The summed E-state index contributed by atoms with van der Waals surface area (Å²) in [6, 6.07) is 5.04. The summed E-state index contributed by atoms with van der Waals surface area (Å²) in [4.78, 5) is 0. The zero-order valence-electron chi connectivity index (χ0n) is 9.01. The Balaban J connectivity index is 2.04. The van der Waals surface area contributed by atoms with Crippen LogP contribution in [0.3, 0.4) is 0 Å². The van der Waals surface area contributed by atoms with E-state index in [1.807, 2.05) is 6.26 Å². The number of anilines is 1. The van der Waals surface area contributed by atoms with Crippen molar-refractivity contribution < 1.29 is 4.39 Å². The Morgan fingerprint density at radius 3 is 2.82 bits per heavy atom. The van der Waals surface area contributed by atoms with Gasteiger partial charge >= 0.3 is 0 Å². The van der Waals surface area contributed by atoms with E-state index in [2.05, 4.69) is 10.2 Å². The molecule has 2 N–H and O–H groups in total. The molecule has 90 valence electrons. The highest BCUT2D eigenvalue weighted by Crippen LogP contribution is 2.30. The van der Waals surface area contributed by atoms with Crippen LogP contribution in [0.2, 0.25) is 0 Å². The minimum absolute atomic E-state index is 0.185. The smallest absolute Gasteiger partial charge is 0.175 e. The first kappa shape index (κ1) is 12.7. The summed E-state index contributed by atoms with van der Waals surface area (Å²) in [6.45, 7) is 0. The van der Waals surface area contributed by atoms with E-state index in [0.29, 0.717) is 11.3 Å². The van der Waals surface area contributed by atoms with Crippen molar-refractivity contribution in [2.75, 3.05) is 12.0 Å². The largest absolute Gasteiger partial charge is 0.396 e. The molecule has 0 amide bonds. The van der Waals surface area contributed by atoms with Gasteiger partial charge in [0.1, 0.15) is 5.82 Å². The maximum atomic E-state index is 13.6. The molecule has 0 unspecified atom stereocenters. The van der Waals surface area contributed by atoms with E-state index in [1.54, 1.807) is 30.0 Å². The van der Waals surface area contributed by atoms with E-state index in [-0.39, 0.29) is 11.5 Å². The van der Waals surface area contributed by atoms with Gasteiger partial charge in [0.2, 0.25) is 0 Å².